The van der Waals surface area contributed by atoms with Gasteiger partial charge in [-0.2, -0.15) is 0 Å². The number of benzene rings is 1. The van der Waals surface area contributed by atoms with E-state index in [1.807, 2.05) is 32.9 Å². The van der Waals surface area contributed by atoms with E-state index in [9.17, 15) is 9.90 Å². The predicted octanol–water partition coefficient (Wildman–Crippen LogP) is 11.4. The summed E-state index contributed by atoms with van der Waals surface area (Å²) in [6.07, 6.45) is 25.9. The first-order valence-corrected chi connectivity index (χ1v) is 15.6. The van der Waals surface area contributed by atoms with Crippen molar-refractivity contribution in [1.29, 1.82) is 0 Å². The van der Waals surface area contributed by atoms with Crippen molar-refractivity contribution in [3.8, 4) is 5.75 Å². The Hall–Kier alpha value is -1.77. The average molecular weight is 531 g/mol. The normalized spacial score (nSPS) is 12.0. The van der Waals surface area contributed by atoms with Crippen LogP contribution in [0, 0.1) is 0 Å². The van der Waals surface area contributed by atoms with Crippen LogP contribution in [0.4, 0.5) is 0 Å². The lowest BCUT2D eigenvalue weighted by Gasteiger charge is -2.27. The van der Waals surface area contributed by atoms with Crippen LogP contribution >= 0.6 is 0 Å². The highest BCUT2D eigenvalue weighted by Crippen LogP contribution is 2.38. The van der Waals surface area contributed by atoms with Gasteiger partial charge >= 0.3 is 5.97 Å². The number of carbonyl (C=O) groups is 1. The molecule has 0 unspecified atom stereocenters. The number of rotatable bonds is 17. The summed E-state index contributed by atoms with van der Waals surface area (Å²) in [4.78, 5) is 10.7. The standard InChI is InChI=1S/C18H38.C17H24O3/c1-3-5-7-9-11-13-15-17-18-16-14-12-10-8-6-4-2;1-16(2,3)12-9-11(7-8-14(18)19)15(20)13(10-12)17(4,5)6/h3-18H2,1-2H3;7-10,20H,1-6H3,(H,18,19). The van der Waals surface area contributed by atoms with E-state index in [0.29, 0.717) is 5.56 Å². The lowest BCUT2D eigenvalue weighted by molar-refractivity contribution is -0.131. The molecule has 0 saturated carbocycles. The molecule has 1 aromatic rings. The van der Waals surface area contributed by atoms with Gasteiger partial charge in [-0.1, -0.05) is 164 Å². The molecule has 1 aromatic carbocycles. The van der Waals surface area contributed by atoms with E-state index >= 15 is 0 Å². The lowest BCUT2D eigenvalue weighted by Crippen LogP contribution is -2.17. The third-order valence-electron chi connectivity index (χ3n) is 7.18. The van der Waals surface area contributed by atoms with E-state index in [1.165, 1.54) is 109 Å². The number of aromatic hydroxyl groups is 1. The van der Waals surface area contributed by atoms with Crippen LogP contribution in [0.5, 0.6) is 5.75 Å². The summed E-state index contributed by atoms with van der Waals surface area (Å²) in [5, 5.41) is 19.1. The highest BCUT2D eigenvalue weighted by atomic mass is 16.4. The molecule has 0 aliphatic heterocycles. The van der Waals surface area contributed by atoms with Crippen LogP contribution in [0.1, 0.15) is 175 Å². The Kier molecular flexibility index (Phi) is 19.2. The first kappa shape index (κ1) is 36.2. The molecule has 0 bridgehead atoms. The highest BCUT2D eigenvalue weighted by Gasteiger charge is 2.24. The minimum atomic E-state index is -1.03. The molecule has 0 saturated heterocycles. The molecule has 0 spiro atoms. The molecule has 3 heteroatoms. The van der Waals surface area contributed by atoms with Gasteiger partial charge < -0.3 is 10.2 Å². The predicted molar refractivity (Wildman–Crippen MR) is 167 cm³/mol. The van der Waals surface area contributed by atoms with Crippen molar-refractivity contribution in [3.05, 3.63) is 34.9 Å². The average Bonchev–Trinajstić information content (AvgIpc) is 2.82. The summed E-state index contributed by atoms with van der Waals surface area (Å²) in [5.41, 5.74) is 2.17. The third kappa shape index (κ3) is 17.7. The van der Waals surface area contributed by atoms with Crippen LogP contribution in [0.25, 0.3) is 6.08 Å². The molecule has 0 fully saturated rings. The van der Waals surface area contributed by atoms with Crippen LogP contribution in [-0.2, 0) is 15.6 Å². The summed E-state index contributed by atoms with van der Waals surface area (Å²) < 4.78 is 0. The molecule has 0 aliphatic carbocycles. The maximum atomic E-state index is 10.7. The van der Waals surface area contributed by atoms with Crippen molar-refractivity contribution in [2.24, 2.45) is 0 Å². The van der Waals surface area contributed by atoms with E-state index < -0.39 is 5.97 Å². The van der Waals surface area contributed by atoms with Crippen molar-refractivity contribution in [3.63, 3.8) is 0 Å². The SMILES string of the molecule is CC(C)(C)c1cc(C=CC(=O)O)c(O)c(C(C)(C)C)c1.CCCCCCCCCCCCCCCCCC. The highest BCUT2D eigenvalue weighted by molar-refractivity contribution is 5.86. The Labute approximate surface area is 236 Å². The second-order valence-electron chi connectivity index (χ2n) is 13.1. The number of phenols is 1. The van der Waals surface area contributed by atoms with Crippen LogP contribution in [0.2, 0.25) is 0 Å². The fraction of sp³-hybridized carbons (Fsp3) is 0.743. The zero-order valence-electron chi connectivity index (χ0n) is 26.4. The van der Waals surface area contributed by atoms with Crippen molar-refractivity contribution >= 4 is 12.0 Å². The van der Waals surface area contributed by atoms with Gasteiger partial charge in [-0.05, 0) is 28.5 Å². The maximum Gasteiger partial charge on any atom is 0.328 e. The molecule has 0 aliphatic rings. The van der Waals surface area contributed by atoms with Crippen molar-refractivity contribution in [1.82, 2.24) is 0 Å². The topological polar surface area (TPSA) is 57.5 Å². The summed E-state index contributed by atoms with van der Waals surface area (Å²) in [7, 11) is 0. The molecule has 220 valence electrons. The quantitative estimate of drug-likeness (QED) is 0.155. The second kappa shape index (κ2) is 20.2. The first-order valence-electron chi connectivity index (χ1n) is 15.6. The zero-order valence-corrected chi connectivity index (χ0v) is 26.4. The molecule has 3 nitrogen and oxygen atoms in total. The minimum Gasteiger partial charge on any atom is -0.507 e. The Morgan fingerprint density at radius 3 is 1.32 bits per heavy atom. The number of carboxylic acid groups (broad SMARTS) is 1. The largest absolute Gasteiger partial charge is 0.507 e. The Bertz CT molecular complexity index is 762. The van der Waals surface area contributed by atoms with Crippen LogP contribution in [-0.4, -0.2) is 16.2 Å². The van der Waals surface area contributed by atoms with Gasteiger partial charge in [0.1, 0.15) is 5.75 Å². The number of carboxylic acids is 1. The Balaban J connectivity index is 0.000000726. The van der Waals surface area contributed by atoms with E-state index in [2.05, 4.69) is 34.6 Å². The van der Waals surface area contributed by atoms with Gasteiger partial charge in [0.15, 0.2) is 0 Å². The van der Waals surface area contributed by atoms with Crippen molar-refractivity contribution < 1.29 is 15.0 Å². The summed E-state index contributed by atoms with van der Waals surface area (Å²) in [6.45, 7) is 16.9. The van der Waals surface area contributed by atoms with Crippen LogP contribution in [0.15, 0.2) is 18.2 Å². The van der Waals surface area contributed by atoms with Gasteiger partial charge in [0.05, 0.1) is 0 Å². The van der Waals surface area contributed by atoms with Gasteiger partial charge in [-0.3, -0.25) is 0 Å². The zero-order chi connectivity index (χ0) is 29.0. The summed E-state index contributed by atoms with van der Waals surface area (Å²) >= 11 is 0. The number of hydrogen-bond donors (Lipinski definition) is 2. The molecular weight excluding hydrogens is 468 g/mol. The lowest BCUT2D eigenvalue weighted by atomic mass is 9.79. The number of hydrogen-bond acceptors (Lipinski definition) is 2. The van der Waals surface area contributed by atoms with Crippen LogP contribution in [0.3, 0.4) is 0 Å². The van der Waals surface area contributed by atoms with Gasteiger partial charge in [-0.15, -0.1) is 0 Å². The van der Waals surface area contributed by atoms with Gasteiger partial charge in [-0.25, -0.2) is 4.79 Å². The van der Waals surface area contributed by atoms with Gasteiger partial charge in [0, 0.05) is 17.2 Å². The molecule has 0 amide bonds. The Morgan fingerprint density at radius 2 is 1.03 bits per heavy atom. The monoisotopic (exact) mass is 530 g/mol. The van der Waals surface area contributed by atoms with E-state index in [0.717, 1.165) is 17.2 Å². The fourth-order valence-corrected chi connectivity index (χ4v) is 4.57. The number of unbranched alkanes of at least 4 members (excludes halogenated alkanes) is 15. The fourth-order valence-electron chi connectivity index (χ4n) is 4.57. The van der Waals surface area contributed by atoms with Crippen molar-refractivity contribution in [2.45, 2.75) is 169 Å². The molecule has 0 aromatic heterocycles. The van der Waals surface area contributed by atoms with Crippen LogP contribution < -0.4 is 0 Å². The Morgan fingerprint density at radius 1 is 0.658 bits per heavy atom. The second-order valence-corrected chi connectivity index (χ2v) is 13.1. The van der Waals surface area contributed by atoms with Gasteiger partial charge in [0.25, 0.3) is 0 Å². The molecule has 0 radical (unpaired) electrons. The van der Waals surface area contributed by atoms with Gasteiger partial charge in [0.2, 0.25) is 0 Å². The maximum absolute atomic E-state index is 10.7. The minimum absolute atomic E-state index is 0.0699. The summed E-state index contributed by atoms with van der Waals surface area (Å²) in [6, 6.07) is 3.86. The van der Waals surface area contributed by atoms with Crippen molar-refractivity contribution in [2.75, 3.05) is 0 Å². The molecule has 38 heavy (non-hydrogen) atoms. The molecule has 0 atom stereocenters. The molecule has 2 N–H and O–H groups in total. The molecule has 0 heterocycles. The van der Waals surface area contributed by atoms with E-state index in [4.69, 9.17) is 5.11 Å². The third-order valence-corrected chi connectivity index (χ3v) is 7.18. The summed E-state index contributed by atoms with van der Waals surface area (Å²) in [5.74, 6) is -0.870. The number of aliphatic carboxylic acids is 1. The molecule has 1 rings (SSSR count). The first-order chi connectivity index (χ1) is 17.8. The van der Waals surface area contributed by atoms with E-state index in [-0.39, 0.29) is 16.6 Å². The number of phenolic OH excluding ortho intramolecular Hbond substituents is 1. The molecular formula is C35H62O3. The smallest absolute Gasteiger partial charge is 0.328 e. The van der Waals surface area contributed by atoms with E-state index in [1.54, 1.807) is 0 Å².